The summed E-state index contributed by atoms with van der Waals surface area (Å²) in [4.78, 5) is 14.8. The van der Waals surface area contributed by atoms with Crippen molar-refractivity contribution in [3.8, 4) is 5.75 Å². The van der Waals surface area contributed by atoms with Gasteiger partial charge in [0.05, 0.1) is 10.6 Å². The zero-order chi connectivity index (χ0) is 19.2. The van der Waals surface area contributed by atoms with Crippen LogP contribution in [0.25, 0.3) is 0 Å². The minimum atomic E-state index is -0.422. The van der Waals surface area contributed by atoms with Crippen LogP contribution in [0.15, 0.2) is 71.7 Å². The summed E-state index contributed by atoms with van der Waals surface area (Å²) < 4.78 is 5.78. The lowest BCUT2D eigenvalue weighted by Crippen LogP contribution is -1.96. The van der Waals surface area contributed by atoms with Crippen molar-refractivity contribution in [2.75, 3.05) is 0 Å². The smallest absolute Gasteiger partial charge is 0.269 e. The molecule has 0 spiro atoms. The second-order valence-corrected chi connectivity index (χ2v) is 6.41. The molecule has 0 saturated carbocycles. The molecule has 0 bridgehead atoms. The van der Waals surface area contributed by atoms with Crippen LogP contribution >= 0.6 is 11.6 Å². The molecule has 0 fully saturated rings. The van der Waals surface area contributed by atoms with Crippen molar-refractivity contribution in [1.29, 1.82) is 0 Å². The maximum atomic E-state index is 10.7. The van der Waals surface area contributed by atoms with Crippen LogP contribution in [0.1, 0.15) is 16.7 Å². The van der Waals surface area contributed by atoms with Crippen LogP contribution in [0, 0.1) is 17.0 Å². The first-order valence-electron chi connectivity index (χ1n) is 8.28. The summed E-state index contributed by atoms with van der Waals surface area (Å²) in [6, 6.07) is 19.5. The Labute approximate surface area is 162 Å². The first kappa shape index (κ1) is 18.6. The molecule has 0 aliphatic rings. The summed E-state index contributed by atoms with van der Waals surface area (Å²) >= 11 is 6.02. The van der Waals surface area contributed by atoms with E-state index in [4.69, 9.17) is 16.3 Å². The highest BCUT2D eigenvalue weighted by atomic mass is 35.5. The van der Waals surface area contributed by atoms with E-state index in [-0.39, 0.29) is 5.69 Å². The lowest BCUT2D eigenvalue weighted by molar-refractivity contribution is -0.384. The topological polar surface area (TPSA) is 64.7 Å². The van der Waals surface area contributed by atoms with Crippen LogP contribution in [0.3, 0.4) is 0 Å². The highest BCUT2D eigenvalue weighted by Gasteiger charge is 2.04. The predicted octanol–water partition coefficient (Wildman–Crippen LogP) is 5.89. The van der Waals surface area contributed by atoms with Gasteiger partial charge in [0.2, 0.25) is 0 Å². The van der Waals surface area contributed by atoms with Crippen molar-refractivity contribution in [3.63, 3.8) is 0 Å². The Morgan fingerprint density at radius 2 is 1.89 bits per heavy atom. The van der Waals surface area contributed by atoms with Gasteiger partial charge in [-0.15, -0.1) is 0 Å². The van der Waals surface area contributed by atoms with E-state index in [1.165, 1.54) is 12.1 Å². The van der Waals surface area contributed by atoms with Crippen LogP contribution in [0.4, 0.5) is 11.4 Å². The Hall–Kier alpha value is -3.18. The Bertz CT molecular complexity index is 985. The monoisotopic (exact) mass is 380 g/mol. The van der Waals surface area contributed by atoms with Crippen LogP contribution in [-0.2, 0) is 6.61 Å². The summed E-state index contributed by atoms with van der Waals surface area (Å²) in [5, 5.41) is 11.3. The Balaban J connectivity index is 1.67. The van der Waals surface area contributed by atoms with Gasteiger partial charge in [-0.1, -0.05) is 29.8 Å². The number of nitrogens with zero attached hydrogens (tertiary/aromatic N) is 2. The Morgan fingerprint density at radius 1 is 1.11 bits per heavy atom. The molecule has 0 aliphatic carbocycles. The first-order chi connectivity index (χ1) is 13.0. The number of hydrogen-bond donors (Lipinski definition) is 0. The second kappa shape index (κ2) is 8.47. The van der Waals surface area contributed by atoms with Gasteiger partial charge in [-0.2, -0.15) is 0 Å². The van der Waals surface area contributed by atoms with E-state index in [1.54, 1.807) is 18.3 Å². The van der Waals surface area contributed by atoms with Gasteiger partial charge < -0.3 is 4.74 Å². The molecular weight excluding hydrogens is 364 g/mol. The van der Waals surface area contributed by atoms with Crippen LogP contribution in [-0.4, -0.2) is 11.1 Å². The number of benzene rings is 3. The average Bonchev–Trinajstić information content (AvgIpc) is 2.68. The molecule has 136 valence electrons. The Kier molecular flexibility index (Phi) is 5.84. The molecule has 0 unspecified atom stereocenters. The summed E-state index contributed by atoms with van der Waals surface area (Å²) in [7, 11) is 0. The van der Waals surface area contributed by atoms with Crippen molar-refractivity contribution in [1.82, 2.24) is 0 Å². The highest BCUT2D eigenvalue weighted by Crippen LogP contribution is 2.23. The van der Waals surface area contributed by atoms with Gasteiger partial charge in [-0.25, -0.2) is 0 Å². The maximum absolute atomic E-state index is 10.7. The lowest BCUT2D eigenvalue weighted by Gasteiger charge is -2.07. The van der Waals surface area contributed by atoms with Crippen LogP contribution < -0.4 is 4.74 Å². The number of ether oxygens (including phenoxy) is 1. The van der Waals surface area contributed by atoms with E-state index in [0.717, 1.165) is 22.4 Å². The Morgan fingerprint density at radius 3 is 2.63 bits per heavy atom. The first-order valence-corrected chi connectivity index (χ1v) is 8.65. The number of aliphatic imine (C=N–C) groups is 1. The molecule has 3 aromatic rings. The molecular formula is C21H17ClN2O3. The van der Waals surface area contributed by atoms with E-state index < -0.39 is 4.92 Å². The average molecular weight is 381 g/mol. The van der Waals surface area contributed by atoms with Gasteiger partial charge >= 0.3 is 0 Å². The second-order valence-electron chi connectivity index (χ2n) is 5.97. The van der Waals surface area contributed by atoms with Crippen molar-refractivity contribution >= 4 is 29.2 Å². The SMILES string of the molecule is Cc1ccc(Cl)cc1N=Cc1cccc(OCc2ccc([N+](=O)[O-])cc2)c1. The molecule has 27 heavy (non-hydrogen) atoms. The van der Waals surface area contributed by atoms with Gasteiger partial charge in [0.25, 0.3) is 5.69 Å². The van der Waals surface area contributed by atoms with Gasteiger partial charge in [0.15, 0.2) is 0 Å². The molecule has 0 atom stereocenters. The summed E-state index contributed by atoms with van der Waals surface area (Å²) in [6.45, 7) is 2.30. The quantitative estimate of drug-likeness (QED) is 0.304. The van der Waals surface area contributed by atoms with Crippen molar-refractivity contribution in [2.45, 2.75) is 13.5 Å². The van der Waals surface area contributed by atoms with Gasteiger partial charge in [-0.3, -0.25) is 15.1 Å². The molecule has 0 saturated heterocycles. The fourth-order valence-corrected chi connectivity index (χ4v) is 2.60. The third-order valence-corrected chi connectivity index (χ3v) is 4.17. The third kappa shape index (κ3) is 5.15. The van der Waals surface area contributed by atoms with Gasteiger partial charge in [0.1, 0.15) is 12.4 Å². The van der Waals surface area contributed by atoms with Crippen molar-refractivity contribution < 1.29 is 9.66 Å². The largest absolute Gasteiger partial charge is 0.489 e. The molecule has 5 nitrogen and oxygen atoms in total. The molecule has 0 aromatic heterocycles. The minimum absolute atomic E-state index is 0.0632. The van der Waals surface area contributed by atoms with E-state index >= 15 is 0 Å². The normalized spacial score (nSPS) is 10.9. The lowest BCUT2D eigenvalue weighted by atomic mass is 10.2. The summed E-state index contributed by atoms with van der Waals surface area (Å²) in [5.41, 5.74) is 3.68. The molecule has 6 heteroatoms. The standard InChI is InChI=1S/C21H17ClN2O3/c1-15-5-8-18(22)12-21(15)23-13-17-3-2-4-20(11-17)27-14-16-6-9-19(10-7-16)24(25)26/h2-13H,14H2,1H3. The zero-order valence-corrected chi connectivity index (χ0v) is 15.4. The minimum Gasteiger partial charge on any atom is -0.489 e. The number of rotatable bonds is 6. The zero-order valence-electron chi connectivity index (χ0n) is 14.6. The van der Waals surface area contributed by atoms with Crippen molar-refractivity contribution in [3.05, 3.63) is 98.6 Å². The number of aryl methyl sites for hydroxylation is 1. The van der Waals surface area contributed by atoms with E-state index in [2.05, 4.69) is 4.99 Å². The fraction of sp³-hybridized carbons (Fsp3) is 0.0952. The number of halogens is 1. The molecule has 0 N–H and O–H groups in total. The van der Waals surface area contributed by atoms with E-state index in [1.807, 2.05) is 49.4 Å². The molecule has 0 aliphatic heterocycles. The maximum Gasteiger partial charge on any atom is 0.269 e. The molecule has 3 rings (SSSR count). The molecule has 0 amide bonds. The molecule has 0 radical (unpaired) electrons. The summed E-state index contributed by atoms with van der Waals surface area (Å²) in [5.74, 6) is 0.695. The fourth-order valence-electron chi connectivity index (χ4n) is 2.43. The van der Waals surface area contributed by atoms with Crippen LogP contribution in [0.2, 0.25) is 5.02 Å². The predicted molar refractivity (Wildman–Crippen MR) is 107 cm³/mol. The van der Waals surface area contributed by atoms with E-state index in [0.29, 0.717) is 17.4 Å². The molecule has 3 aromatic carbocycles. The van der Waals surface area contributed by atoms with Crippen molar-refractivity contribution in [2.24, 2.45) is 4.99 Å². The highest BCUT2D eigenvalue weighted by molar-refractivity contribution is 6.30. The van der Waals surface area contributed by atoms with Gasteiger partial charge in [0, 0.05) is 23.4 Å². The van der Waals surface area contributed by atoms with Gasteiger partial charge in [-0.05, 0) is 60.0 Å². The molecule has 0 heterocycles. The number of hydrogen-bond acceptors (Lipinski definition) is 4. The summed E-state index contributed by atoms with van der Waals surface area (Å²) in [6.07, 6.45) is 1.76. The third-order valence-electron chi connectivity index (χ3n) is 3.93. The number of nitro benzene ring substituents is 1. The van der Waals surface area contributed by atoms with Crippen LogP contribution in [0.5, 0.6) is 5.75 Å². The number of non-ortho nitro benzene ring substituents is 1. The number of nitro groups is 1. The van der Waals surface area contributed by atoms with E-state index in [9.17, 15) is 10.1 Å².